The fraction of sp³-hybridized carbons (Fsp3) is 0.889. The van der Waals surface area contributed by atoms with Crippen molar-refractivity contribution in [3.05, 3.63) is 0 Å². The fourth-order valence-electron chi connectivity index (χ4n) is 2.90. The lowest BCUT2D eigenvalue weighted by atomic mass is 10.0. The lowest BCUT2D eigenvalue weighted by molar-refractivity contribution is -0.195. The van der Waals surface area contributed by atoms with Crippen LogP contribution in [0.15, 0.2) is 0 Å². The Labute approximate surface area is 144 Å². The Morgan fingerprint density at radius 2 is 1.58 bits per heavy atom. The molecule has 0 aliphatic carbocycles. The van der Waals surface area contributed by atoms with Gasteiger partial charge in [-0.15, -0.1) is 0 Å². The number of esters is 2. The summed E-state index contributed by atoms with van der Waals surface area (Å²) in [4.78, 5) is 24.2. The van der Waals surface area contributed by atoms with Crippen LogP contribution < -0.4 is 0 Å². The van der Waals surface area contributed by atoms with Gasteiger partial charge in [0, 0.05) is 13.0 Å². The number of aliphatic hydroxyl groups excluding tert-OH is 1. The van der Waals surface area contributed by atoms with E-state index in [1.807, 2.05) is 27.7 Å². The molecule has 1 heterocycles. The van der Waals surface area contributed by atoms with Crippen LogP contribution in [0.5, 0.6) is 0 Å². The molecule has 3 unspecified atom stereocenters. The molecule has 6 heteroatoms. The van der Waals surface area contributed by atoms with Crippen LogP contribution in [0, 0.1) is 11.8 Å². The van der Waals surface area contributed by atoms with Crippen LogP contribution in [-0.4, -0.2) is 48.6 Å². The van der Waals surface area contributed by atoms with Crippen molar-refractivity contribution in [1.82, 2.24) is 0 Å². The highest BCUT2D eigenvalue weighted by Gasteiger charge is 2.38. The van der Waals surface area contributed by atoms with Crippen LogP contribution in [0.3, 0.4) is 0 Å². The summed E-state index contributed by atoms with van der Waals surface area (Å²) in [5.41, 5.74) is 0. The van der Waals surface area contributed by atoms with Gasteiger partial charge in [0.05, 0.1) is 17.9 Å². The van der Waals surface area contributed by atoms with Crippen molar-refractivity contribution in [3.8, 4) is 0 Å². The quantitative estimate of drug-likeness (QED) is 0.647. The highest BCUT2D eigenvalue weighted by atomic mass is 16.6. The van der Waals surface area contributed by atoms with Crippen LogP contribution in [0.4, 0.5) is 0 Å². The third-order valence-corrected chi connectivity index (χ3v) is 4.77. The summed E-state index contributed by atoms with van der Waals surface area (Å²) >= 11 is 0. The maximum atomic E-state index is 12.2. The molecule has 3 atom stereocenters. The first-order valence-electron chi connectivity index (χ1n) is 9.15. The van der Waals surface area contributed by atoms with Gasteiger partial charge in [-0.25, -0.2) is 0 Å². The van der Waals surface area contributed by atoms with E-state index in [9.17, 15) is 14.7 Å². The van der Waals surface area contributed by atoms with E-state index in [-0.39, 0.29) is 30.4 Å². The minimum Gasteiger partial charge on any atom is -0.463 e. The van der Waals surface area contributed by atoms with E-state index in [4.69, 9.17) is 14.2 Å². The van der Waals surface area contributed by atoms with Crippen molar-refractivity contribution < 1.29 is 28.9 Å². The van der Waals surface area contributed by atoms with E-state index in [2.05, 4.69) is 0 Å². The van der Waals surface area contributed by atoms with Crippen molar-refractivity contribution in [2.24, 2.45) is 11.8 Å². The molecule has 1 saturated heterocycles. The predicted molar refractivity (Wildman–Crippen MR) is 89.3 cm³/mol. The van der Waals surface area contributed by atoms with Crippen LogP contribution in [0.1, 0.15) is 59.8 Å². The maximum absolute atomic E-state index is 12.2. The number of ether oxygens (including phenoxy) is 3. The SMILES string of the molecule is CCC(CC)C(=O)OCC1OCCC(O)C1OC(=O)C(CC)CC. The number of rotatable bonds is 9. The topological polar surface area (TPSA) is 82.1 Å². The smallest absolute Gasteiger partial charge is 0.309 e. The molecule has 1 rings (SSSR count). The monoisotopic (exact) mass is 344 g/mol. The molecule has 1 aliphatic rings. The van der Waals surface area contributed by atoms with Crippen LogP contribution in [0.2, 0.25) is 0 Å². The van der Waals surface area contributed by atoms with Gasteiger partial charge < -0.3 is 19.3 Å². The Kier molecular flexibility index (Phi) is 9.29. The van der Waals surface area contributed by atoms with Gasteiger partial charge in [0.25, 0.3) is 0 Å². The molecule has 24 heavy (non-hydrogen) atoms. The molecule has 0 amide bonds. The second-order valence-corrected chi connectivity index (χ2v) is 6.32. The molecule has 0 aromatic heterocycles. The highest BCUT2D eigenvalue weighted by molar-refractivity contribution is 5.73. The Hall–Kier alpha value is -1.14. The fourth-order valence-corrected chi connectivity index (χ4v) is 2.90. The molecular formula is C18H32O6. The van der Waals surface area contributed by atoms with Crippen molar-refractivity contribution in [1.29, 1.82) is 0 Å². The first kappa shape index (κ1) is 20.9. The van der Waals surface area contributed by atoms with Crippen molar-refractivity contribution >= 4 is 11.9 Å². The molecule has 1 fully saturated rings. The summed E-state index contributed by atoms with van der Waals surface area (Å²) in [5, 5.41) is 10.2. The predicted octanol–water partition coefficient (Wildman–Crippen LogP) is 2.46. The van der Waals surface area contributed by atoms with Gasteiger partial charge in [0.15, 0.2) is 6.10 Å². The van der Waals surface area contributed by atoms with Gasteiger partial charge >= 0.3 is 11.9 Å². The normalized spacial score (nSPS) is 24.2. The second kappa shape index (κ2) is 10.7. The van der Waals surface area contributed by atoms with Gasteiger partial charge in [-0.3, -0.25) is 9.59 Å². The molecular weight excluding hydrogens is 312 g/mol. The lowest BCUT2D eigenvalue weighted by Crippen LogP contribution is -2.50. The molecule has 1 aliphatic heterocycles. The molecule has 0 spiro atoms. The minimum absolute atomic E-state index is 0.00669. The summed E-state index contributed by atoms with van der Waals surface area (Å²) < 4.78 is 16.4. The third kappa shape index (κ3) is 5.74. The zero-order chi connectivity index (χ0) is 18.1. The van der Waals surface area contributed by atoms with E-state index >= 15 is 0 Å². The van der Waals surface area contributed by atoms with Crippen LogP contribution >= 0.6 is 0 Å². The molecule has 0 bridgehead atoms. The zero-order valence-electron chi connectivity index (χ0n) is 15.3. The summed E-state index contributed by atoms with van der Waals surface area (Å²) in [6.07, 6.45) is 1.01. The minimum atomic E-state index is -0.797. The largest absolute Gasteiger partial charge is 0.463 e. The molecule has 6 nitrogen and oxygen atoms in total. The van der Waals surface area contributed by atoms with E-state index in [0.717, 1.165) is 12.8 Å². The Balaban J connectivity index is 2.65. The number of carbonyl (C=O) groups is 2. The molecule has 0 aromatic rings. The van der Waals surface area contributed by atoms with Gasteiger partial charge in [-0.05, 0) is 25.7 Å². The molecule has 0 saturated carbocycles. The molecule has 0 radical (unpaired) electrons. The van der Waals surface area contributed by atoms with Gasteiger partial charge in [-0.1, -0.05) is 27.7 Å². The average molecular weight is 344 g/mol. The van der Waals surface area contributed by atoms with Crippen LogP contribution in [0.25, 0.3) is 0 Å². The Morgan fingerprint density at radius 3 is 2.12 bits per heavy atom. The zero-order valence-corrected chi connectivity index (χ0v) is 15.3. The summed E-state index contributed by atoms with van der Waals surface area (Å²) in [6, 6.07) is 0. The van der Waals surface area contributed by atoms with Gasteiger partial charge in [-0.2, -0.15) is 0 Å². The second-order valence-electron chi connectivity index (χ2n) is 6.32. The van der Waals surface area contributed by atoms with E-state index < -0.39 is 18.3 Å². The third-order valence-electron chi connectivity index (χ3n) is 4.77. The first-order chi connectivity index (χ1) is 11.5. The van der Waals surface area contributed by atoms with Crippen molar-refractivity contribution in [2.45, 2.75) is 78.1 Å². The number of carbonyl (C=O) groups excluding carboxylic acids is 2. The first-order valence-corrected chi connectivity index (χ1v) is 9.15. The number of hydrogen-bond acceptors (Lipinski definition) is 6. The Bertz CT molecular complexity index is 389. The highest BCUT2D eigenvalue weighted by Crippen LogP contribution is 2.22. The molecule has 140 valence electrons. The van der Waals surface area contributed by atoms with Crippen molar-refractivity contribution in [2.75, 3.05) is 13.2 Å². The summed E-state index contributed by atoms with van der Waals surface area (Å²) in [6.45, 7) is 8.09. The van der Waals surface area contributed by atoms with E-state index in [1.165, 1.54) is 0 Å². The summed E-state index contributed by atoms with van der Waals surface area (Å²) in [7, 11) is 0. The summed E-state index contributed by atoms with van der Waals surface area (Å²) in [5.74, 6) is -0.921. The van der Waals surface area contributed by atoms with Gasteiger partial charge in [0.1, 0.15) is 12.7 Å². The number of hydrogen-bond donors (Lipinski definition) is 1. The van der Waals surface area contributed by atoms with Crippen molar-refractivity contribution in [3.63, 3.8) is 0 Å². The average Bonchev–Trinajstić information content (AvgIpc) is 2.57. The lowest BCUT2D eigenvalue weighted by Gasteiger charge is -2.35. The maximum Gasteiger partial charge on any atom is 0.309 e. The molecule has 0 aromatic carbocycles. The Morgan fingerprint density at radius 1 is 1.04 bits per heavy atom. The standard InChI is InChI=1S/C18H32O6/c1-5-12(6-2)17(20)23-11-15-16(14(19)9-10-22-15)24-18(21)13(7-3)8-4/h12-16,19H,5-11H2,1-4H3. The molecule has 1 N–H and O–H groups in total. The van der Waals surface area contributed by atoms with E-state index in [0.29, 0.717) is 25.9 Å². The van der Waals surface area contributed by atoms with Crippen LogP contribution in [-0.2, 0) is 23.8 Å². The number of aliphatic hydroxyl groups is 1. The van der Waals surface area contributed by atoms with Gasteiger partial charge in [0.2, 0.25) is 0 Å². The van der Waals surface area contributed by atoms with E-state index in [1.54, 1.807) is 0 Å².